The van der Waals surface area contributed by atoms with Crippen LogP contribution >= 0.6 is 11.3 Å². The zero-order valence-electron chi connectivity index (χ0n) is 10.3. The Morgan fingerprint density at radius 1 is 1.00 bits per heavy atom. The van der Waals surface area contributed by atoms with Crippen molar-refractivity contribution in [3.63, 3.8) is 0 Å². The van der Waals surface area contributed by atoms with Crippen LogP contribution in [0.3, 0.4) is 0 Å². The molecule has 0 aliphatic carbocycles. The standard InChI is InChI=1S/C13H11F4NS/c1-6-3-8(7(2)19-6)5-18-13-11(16)9(14)4-10(15)12(13)17/h3-4,18H,5H2,1-2H3. The van der Waals surface area contributed by atoms with Gasteiger partial charge in [-0.25, -0.2) is 17.6 Å². The van der Waals surface area contributed by atoms with E-state index in [1.807, 2.05) is 19.9 Å². The Kier molecular flexibility index (Phi) is 3.80. The molecule has 6 heteroatoms. The van der Waals surface area contributed by atoms with Crippen molar-refractivity contribution in [1.82, 2.24) is 0 Å². The van der Waals surface area contributed by atoms with Crippen LogP contribution in [0.1, 0.15) is 15.3 Å². The summed E-state index contributed by atoms with van der Waals surface area (Å²) in [5.74, 6) is -5.66. The lowest BCUT2D eigenvalue weighted by atomic mass is 10.2. The van der Waals surface area contributed by atoms with Crippen molar-refractivity contribution in [1.29, 1.82) is 0 Å². The minimum atomic E-state index is -1.42. The molecule has 0 unspecified atom stereocenters. The maximum absolute atomic E-state index is 13.4. The predicted octanol–water partition coefficient (Wildman–Crippen LogP) is 4.53. The van der Waals surface area contributed by atoms with Gasteiger partial charge in [-0.15, -0.1) is 11.3 Å². The molecule has 0 atom stereocenters. The lowest BCUT2D eigenvalue weighted by molar-refractivity contribution is 0.458. The fourth-order valence-corrected chi connectivity index (χ4v) is 2.72. The SMILES string of the molecule is Cc1cc(CNc2c(F)c(F)cc(F)c2F)c(C)s1. The van der Waals surface area contributed by atoms with E-state index < -0.39 is 29.0 Å². The van der Waals surface area contributed by atoms with Gasteiger partial charge in [0.1, 0.15) is 5.69 Å². The van der Waals surface area contributed by atoms with Crippen molar-refractivity contribution in [3.05, 3.63) is 50.7 Å². The second-order valence-corrected chi connectivity index (χ2v) is 5.60. The highest BCUT2D eigenvalue weighted by molar-refractivity contribution is 7.12. The van der Waals surface area contributed by atoms with E-state index in [9.17, 15) is 17.6 Å². The van der Waals surface area contributed by atoms with Crippen LogP contribution in [0.5, 0.6) is 0 Å². The largest absolute Gasteiger partial charge is 0.376 e. The predicted molar refractivity (Wildman–Crippen MR) is 67.4 cm³/mol. The first-order valence-corrected chi connectivity index (χ1v) is 6.34. The smallest absolute Gasteiger partial charge is 0.185 e. The summed E-state index contributed by atoms with van der Waals surface area (Å²) in [7, 11) is 0. The zero-order chi connectivity index (χ0) is 14.2. The summed E-state index contributed by atoms with van der Waals surface area (Å²) < 4.78 is 52.8. The minimum Gasteiger partial charge on any atom is -0.376 e. The van der Waals surface area contributed by atoms with Crippen LogP contribution in [0.2, 0.25) is 0 Å². The molecule has 0 saturated heterocycles. The summed E-state index contributed by atoms with van der Waals surface area (Å²) in [5.41, 5.74) is 0.0618. The first kappa shape index (κ1) is 13.9. The van der Waals surface area contributed by atoms with Gasteiger partial charge in [0, 0.05) is 22.4 Å². The molecule has 0 radical (unpaired) electrons. The number of nitrogens with one attached hydrogen (secondary N) is 1. The van der Waals surface area contributed by atoms with E-state index in [2.05, 4.69) is 5.32 Å². The number of aryl methyl sites for hydroxylation is 2. The van der Waals surface area contributed by atoms with Crippen molar-refractivity contribution < 1.29 is 17.6 Å². The number of halogens is 4. The summed E-state index contributed by atoms with van der Waals surface area (Å²) in [6.45, 7) is 3.88. The van der Waals surface area contributed by atoms with Gasteiger partial charge in [-0.05, 0) is 25.5 Å². The Bertz CT molecular complexity index is 595. The van der Waals surface area contributed by atoms with Gasteiger partial charge >= 0.3 is 0 Å². The maximum atomic E-state index is 13.4. The summed E-state index contributed by atoms with van der Waals surface area (Å²) in [6, 6.07) is 2.05. The highest BCUT2D eigenvalue weighted by Gasteiger charge is 2.19. The molecule has 0 aliphatic heterocycles. The average molecular weight is 289 g/mol. The summed E-state index contributed by atoms with van der Waals surface area (Å²) in [4.78, 5) is 2.04. The fourth-order valence-electron chi connectivity index (χ4n) is 1.77. The van der Waals surface area contributed by atoms with Crippen molar-refractivity contribution in [3.8, 4) is 0 Å². The van der Waals surface area contributed by atoms with Crippen molar-refractivity contribution in [2.75, 3.05) is 5.32 Å². The van der Waals surface area contributed by atoms with Crippen LogP contribution in [0.15, 0.2) is 12.1 Å². The lowest BCUT2D eigenvalue weighted by Crippen LogP contribution is -2.07. The van der Waals surface area contributed by atoms with Crippen molar-refractivity contribution >= 4 is 17.0 Å². The third kappa shape index (κ3) is 2.73. The van der Waals surface area contributed by atoms with Gasteiger partial charge in [0.15, 0.2) is 23.3 Å². The van der Waals surface area contributed by atoms with Crippen LogP contribution in [0.4, 0.5) is 23.2 Å². The molecule has 0 aliphatic rings. The Labute approximate surface area is 111 Å². The van der Waals surface area contributed by atoms with E-state index >= 15 is 0 Å². The van der Waals surface area contributed by atoms with Crippen LogP contribution in [0, 0.1) is 37.1 Å². The van der Waals surface area contributed by atoms with E-state index in [-0.39, 0.29) is 12.6 Å². The van der Waals surface area contributed by atoms with E-state index in [1.165, 1.54) is 0 Å². The summed E-state index contributed by atoms with van der Waals surface area (Å²) in [5, 5.41) is 2.41. The number of anilines is 1. The number of benzene rings is 1. The normalized spacial score (nSPS) is 10.8. The topological polar surface area (TPSA) is 12.0 Å². The zero-order valence-corrected chi connectivity index (χ0v) is 11.1. The number of thiophene rings is 1. The van der Waals surface area contributed by atoms with Gasteiger partial charge in [-0.1, -0.05) is 0 Å². The lowest BCUT2D eigenvalue weighted by Gasteiger charge is -2.09. The molecular weight excluding hydrogens is 278 g/mol. The van der Waals surface area contributed by atoms with Crippen LogP contribution in [-0.4, -0.2) is 0 Å². The van der Waals surface area contributed by atoms with Crippen LogP contribution < -0.4 is 5.32 Å². The molecule has 102 valence electrons. The van der Waals surface area contributed by atoms with Gasteiger partial charge in [-0.3, -0.25) is 0 Å². The molecule has 1 aromatic heterocycles. The van der Waals surface area contributed by atoms with E-state index in [4.69, 9.17) is 0 Å². The molecule has 0 spiro atoms. The molecule has 2 aromatic rings. The number of rotatable bonds is 3. The quantitative estimate of drug-likeness (QED) is 0.646. The number of hydrogen-bond donors (Lipinski definition) is 1. The molecule has 19 heavy (non-hydrogen) atoms. The van der Waals surface area contributed by atoms with E-state index in [0.29, 0.717) is 0 Å². The van der Waals surface area contributed by atoms with Crippen molar-refractivity contribution in [2.45, 2.75) is 20.4 Å². The van der Waals surface area contributed by atoms with Gasteiger partial charge < -0.3 is 5.32 Å². The van der Waals surface area contributed by atoms with E-state index in [0.717, 1.165) is 15.3 Å². The first-order chi connectivity index (χ1) is 8.90. The molecule has 1 heterocycles. The highest BCUT2D eigenvalue weighted by Crippen LogP contribution is 2.26. The third-order valence-electron chi connectivity index (χ3n) is 2.71. The second kappa shape index (κ2) is 5.21. The molecule has 2 rings (SSSR count). The fraction of sp³-hybridized carbons (Fsp3) is 0.231. The Morgan fingerprint density at radius 3 is 2.05 bits per heavy atom. The van der Waals surface area contributed by atoms with Gasteiger partial charge in [-0.2, -0.15) is 0 Å². The minimum absolute atomic E-state index is 0.104. The number of hydrogen-bond acceptors (Lipinski definition) is 2. The monoisotopic (exact) mass is 289 g/mol. The molecular formula is C13H11F4NS. The highest BCUT2D eigenvalue weighted by atomic mass is 32.1. The molecule has 0 bridgehead atoms. The van der Waals surface area contributed by atoms with E-state index in [1.54, 1.807) is 11.3 Å². The van der Waals surface area contributed by atoms with Crippen molar-refractivity contribution in [2.24, 2.45) is 0 Å². The molecule has 1 aromatic carbocycles. The Morgan fingerprint density at radius 2 is 1.58 bits per heavy atom. The van der Waals surface area contributed by atoms with Gasteiger partial charge in [0.2, 0.25) is 0 Å². The Hall–Kier alpha value is -1.56. The summed E-state index contributed by atoms with van der Waals surface area (Å²) >= 11 is 1.54. The van der Waals surface area contributed by atoms with Crippen LogP contribution in [0.25, 0.3) is 0 Å². The average Bonchev–Trinajstić information content (AvgIpc) is 2.65. The maximum Gasteiger partial charge on any atom is 0.185 e. The molecule has 0 saturated carbocycles. The summed E-state index contributed by atoms with van der Waals surface area (Å²) in [6.07, 6.45) is 0. The third-order valence-corrected chi connectivity index (χ3v) is 3.72. The molecule has 1 nitrogen and oxygen atoms in total. The van der Waals surface area contributed by atoms with Gasteiger partial charge in [0.05, 0.1) is 0 Å². The second-order valence-electron chi connectivity index (χ2n) is 4.14. The molecule has 0 fully saturated rings. The van der Waals surface area contributed by atoms with Gasteiger partial charge in [0.25, 0.3) is 0 Å². The first-order valence-electron chi connectivity index (χ1n) is 5.53. The Balaban J connectivity index is 2.27. The molecule has 1 N–H and O–H groups in total. The molecule has 0 amide bonds. The van der Waals surface area contributed by atoms with Crippen LogP contribution in [-0.2, 0) is 6.54 Å².